The number of fused-ring (bicyclic) bond motifs is 1. The van der Waals surface area contributed by atoms with Crippen LogP contribution in [0.15, 0.2) is 71.3 Å². The molecule has 2 aromatic carbocycles. The number of aromatic hydroxyl groups is 1. The van der Waals surface area contributed by atoms with Crippen LogP contribution in [0.25, 0.3) is 10.9 Å². The number of pyridine rings is 2. The van der Waals surface area contributed by atoms with Crippen molar-refractivity contribution in [2.45, 2.75) is 13.0 Å². The van der Waals surface area contributed by atoms with Gasteiger partial charge in [0, 0.05) is 27.3 Å². The summed E-state index contributed by atoms with van der Waals surface area (Å²) in [6, 6.07) is 17.0. The number of hydrogen-bond donors (Lipinski definition) is 2. The first-order valence-corrected chi connectivity index (χ1v) is 9.53. The molecule has 0 radical (unpaired) electrons. The molecule has 28 heavy (non-hydrogen) atoms. The monoisotopic (exact) mass is 437 g/mol. The van der Waals surface area contributed by atoms with Crippen molar-refractivity contribution in [3.63, 3.8) is 0 Å². The molecule has 0 aliphatic rings. The summed E-state index contributed by atoms with van der Waals surface area (Å²) < 4.78 is 14.8. The van der Waals surface area contributed by atoms with Crippen molar-refractivity contribution < 1.29 is 9.50 Å². The molecule has 2 heterocycles. The third kappa shape index (κ3) is 3.68. The largest absolute Gasteiger partial charge is 0.505 e. The molecule has 0 amide bonds. The summed E-state index contributed by atoms with van der Waals surface area (Å²) in [7, 11) is 0. The lowest BCUT2D eigenvalue weighted by Crippen LogP contribution is -2.14. The summed E-state index contributed by atoms with van der Waals surface area (Å²) in [5, 5.41) is 15.1. The molecular weight excluding hydrogens is 421 g/mol. The second-order valence-electron chi connectivity index (χ2n) is 6.52. The first kappa shape index (κ1) is 18.4. The summed E-state index contributed by atoms with van der Waals surface area (Å²) in [5.41, 5.74) is 2.60. The minimum Gasteiger partial charge on any atom is -0.505 e. The molecule has 1 atom stereocenters. The molecule has 140 valence electrons. The van der Waals surface area contributed by atoms with Crippen molar-refractivity contribution in [2.75, 3.05) is 5.32 Å². The summed E-state index contributed by atoms with van der Waals surface area (Å²) >= 11 is 3.37. The number of hydrogen-bond acceptors (Lipinski definition) is 4. The first-order chi connectivity index (χ1) is 13.5. The summed E-state index contributed by atoms with van der Waals surface area (Å²) in [5.74, 6) is 0.330. The Morgan fingerprint density at radius 2 is 1.89 bits per heavy atom. The second-order valence-corrected chi connectivity index (χ2v) is 7.44. The highest BCUT2D eigenvalue weighted by Crippen LogP contribution is 2.36. The molecule has 0 spiro atoms. The van der Waals surface area contributed by atoms with E-state index in [1.54, 1.807) is 12.3 Å². The summed E-state index contributed by atoms with van der Waals surface area (Å²) in [6.07, 6.45) is 1.68. The number of nitrogens with one attached hydrogen (secondary N) is 1. The van der Waals surface area contributed by atoms with Crippen LogP contribution in [0.3, 0.4) is 0 Å². The molecule has 4 rings (SSSR count). The topological polar surface area (TPSA) is 58.0 Å². The highest BCUT2D eigenvalue weighted by atomic mass is 79.9. The predicted octanol–water partition coefficient (Wildman–Crippen LogP) is 5.75. The first-order valence-electron chi connectivity index (χ1n) is 8.74. The van der Waals surface area contributed by atoms with Crippen LogP contribution >= 0.6 is 15.9 Å². The van der Waals surface area contributed by atoms with E-state index in [0.717, 1.165) is 15.6 Å². The molecule has 1 unspecified atom stereocenters. The Labute approximate surface area is 170 Å². The molecule has 2 aromatic heterocycles. The smallest absolute Gasteiger partial charge is 0.147 e. The maximum atomic E-state index is 13.9. The van der Waals surface area contributed by atoms with Gasteiger partial charge in [-0.05, 0) is 58.7 Å². The van der Waals surface area contributed by atoms with E-state index in [2.05, 4.69) is 31.2 Å². The Hall–Kier alpha value is -2.99. The van der Waals surface area contributed by atoms with Gasteiger partial charge in [-0.1, -0.05) is 30.3 Å². The Balaban J connectivity index is 1.86. The van der Waals surface area contributed by atoms with Crippen LogP contribution < -0.4 is 5.32 Å². The van der Waals surface area contributed by atoms with Gasteiger partial charge in [-0.3, -0.25) is 0 Å². The molecule has 2 N–H and O–H groups in total. The van der Waals surface area contributed by atoms with E-state index in [-0.39, 0.29) is 11.6 Å². The molecule has 6 heteroatoms. The van der Waals surface area contributed by atoms with Crippen molar-refractivity contribution in [3.05, 3.63) is 94.0 Å². The van der Waals surface area contributed by atoms with Crippen molar-refractivity contribution in [1.82, 2.24) is 9.97 Å². The van der Waals surface area contributed by atoms with Gasteiger partial charge in [-0.2, -0.15) is 0 Å². The minimum atomic E-state index is -0.504. The molecule has 0 fully saturated rings. The standard InChI is InChI=1S/C22H17BrFN3O/c1-13-5-6-14-7-9-18(22(28)21(14)26-13)20(15-3-2-4-17(24)11-15)27-19-10-8-16(23)12-25-19/h2-12,20,28H,1H3,(H,25,27). The zero-order valence-electron chi connectivity index (χ0n) is 15.0. The van der Waals surface area contributed by atoms with E-state index in [1.165, 1.54) is 12.1 Å². The van der Waals surface area contributed by atoms with Gasteiger partial charge < -0.3 is 10.4 Å². The molecule has 0 aliphatic heterocycles. The number of phenolic OH excluding ortho intramolecular Hbond substituents is 1. The van der Waals surface area contributed by atoms with Crippen molar-refractivity contribution in [1.29, 1.82) is 0 Å². The number of nitrogens with zero attached hydrogens (tertiary/aromatic N) is 2. The van der Waals surface area contributed by atoms with Gasteiger partial charge in [0.2, 0.25) is 0 Å². The molecule has 4 nitrogen and oxygen atoms in total. The van der Waals surface area contributed by atoms with E-state index in [1.807, 2.05) is 49.4 Å². The fourth-order valence-corrected chi connectivity index (χ4v) is 3.39. The zero-order valence-corrected chi connectivity index (χ0v) is 16.6. The number of phenols is 1. The van der Waals surface area contributed by atoms with Gasteiger partial charge in [0.25, 0.3) is 0 Å². The number of rotatable bonds is 4. The van der Waals surface area contributed by atoms with Crippen LogP contribution in [0.1, 0.15) is 22.9 Å². The molecule has 4 aromatic rings. The lowest BCUT2D eigenvalue weighted by molar-refractivity contribution is 0.471. The number of anilines is 1. The van der Waals surface area contributed by atoms with Gasteiger partial charge >= 0.3 is 0 Å². The van der Waals surface area contributed by atoms with Gasteiger partial charge in [0.05, 0.1) is 6.04 Å². The van der Waals surface area contributed by atoms with E-state index in [4.69, 9.17) is 0 Å². The summed E-state index contributed by atoms with van der Waals surface area (Å²) in [6.45, 7) is 1.87. The van der Waals surface area contributed by atoms with E-state index in [0.29, 0.717) is 22.5 Å². The average Bonchev–Trinajstić information content (AvgIpc) is 2.69. The predicted molar refractivity (Wildman–Crippen MR) is 112 cm³/mol. The fourth-order valence-electron chi connectivity index (χ4n) is 3.16. The van der Waals surface area contributed by atoms with Gasteiger partial charge in [0.15, 0.2) is 0 Å². The lowest BCUT2D eigenvalue weighted by Gasteiger charge is -2.22. The average molecular weight is 438 g/mol. The second kappa shape index (κ2) is 7.56. The lowest BCUT2D eigenvalue weighted by atomic mass is 9.96. The van der Waals surface area contributed by atoms with Crippen LogP contribution in [-0.2, 0) is 0 Å². The number of halogens is 2. The zero-order chi connectivity index (χ0) is 19.7. The normalized spacial score (nSPS) is 12.1. The van der Waals surface area contributed by atoms with Crippen LogP contribution in [0.2, 0.25) is 0 Å². The van der Waals surface area contributed by atoms with E-state index >= 15 is 0 Å². The third-order valence-electron chi connectivity index (χ3n) is 4.52. The van der Waals surface area contributed by atoms with Crippen LogP contribution in [0.5, 0.6) is 5.75 Å². The summed E-state index contributed by atoms with van der Waals surface area (Å²) in [4.78, 5) is 8.82. The van der Waals surface area contributed by atoms with Crippen LogP contribution in [-0.4, -0.2) is 15.1 Å². The molecule has 0 bridgehead atoms. The third-order valence-corrected chi connectivity index (χ3v) is 4.99. The van der Waals surface area contributed by atoms with E-state index < -0.39 is 6.04 Å². The Morgan fingerprint density at radius 1 is 1.07 bits per heavy atom. The Bertz CT molecular complexity index is 1150. The maximum Gasteiger partial charge on any atom is 0.147 e. The number of benzene rings is 2. The van der Waals surface area contributed by atoms with Crippen molar-refractivity contribution >= 4 is 32.7 Å². The van der Waals surface area contributed by atoms with Crippen LogP contribution in [0, 0.1) is 12.7 Å². The quantitative estimate of drug-likeness (QED) is 0.426. The minimum absolute atomic E-state index is 0.0695. The SMILES string of the molecule is Cc1ccc2ccc(C(Nc3ccc(Br)cn3)c3cccc(F)c3)c(O)c2n1. The number of aromatic nitrogens is 2. The molecular formula is C22H17BrFN3O. The van der Waals surface area contributed by atoms with E-state index in [9.17, 15) is 9.50 Å². The Morgan fingerprint density at radius 3 is 2.64 bits per heavy atom. The molecule has 0 aliphatic carbocycles. The highest BCUT2D eigenvalue weighted by Gasteiger charge is 2.21. The Kier molecular flexibility index (Phi) is 4.96. The highest BCUT2D eigenvalue weighted by molar-refractivity contribution is 9.10. The van der Waals surface area contributed by atoms with Crippen molar-refractivity contribution in [3.8, 4) is 5.75 Å². The van der Waals surface area contributed by atoms with Crippen molar-refractivity contribution in [2.24, 2.45) is 0 Å². The molecule has 0 saturated heterocycles. The number of aryl methyl sites for hydroxylation is 1. The van der Waals surface area contributed by atoms with Gasteiger partial charge in [-0.25, -0.2) is 14.4 Å². The van der Waals surface area contributed by atoms with Gasteiger partial charge in [0.1, 0.15) is 22.9 Å². The fraction of sp³-hybridized carbons (Fsp3) is 0.0909. The molecule has 0 saturated carbocycles. The maximum absolute atomic E-state index is 13.9. The van der Waals surface area contributed by atoms with Gasteiger partial charge in [-0.15, -0.1) is 0 Å². The van der Waals surface area contributed by atoms with Crippen LogP contribution in [0.4, 0.5) is 10.2 Å².